The Labute approximate surface area is 135 Å². The Bertz CT molecular complexity index is 716. The van der Waals surface area contributed by atoms with Crippen molar-refractivity contribution in [3.63, 3.8) is 0 Å². The molecule has 0 bridgehead atoms. The van der Waals surface area contributed by atoms with Crippen molar-refractivity contribution in [1.82, 2.24) is 4.90 Å². The maximum Gasteiger partial charge on any atom is 0.251 e. The Morgan fingerprint density at radius 1 is 1.27 bits per heavy atom. The molecule has 22 heavy (non-hydrogen) atoms. The van der Waals surface area contributed by atoms with Crippen LogP contribution in [0.25, 0.3) is 5.70 Å². The average Bonchev–Trinajstić information content (AvgIpc) is 2.96. The summed E-state index contributed by atoms with van der Waals surface area (Å²) in [6, 6.07) is 12.2. The van der Waals surface area contributed by atoms with Crippen LogP contribution in [0.4, 0.5) is 5.00 Å². The molecule has 1 aromatic heterocycles. The lowest BCUT2D eigenvalue weighted by molar-refractivity contribution is -0.111. The number of thiophene rings is 1. The van der Waals surface area contributed by atoms with Crippen LogP contribution in [-0.2, 0) is 11.2 Å². The van der Waals surface area contributed by atoms with Crippen molar-refractivity contribution in [3.05, 3.63) is 59.0 Å². The third-order valence-electron chi connectivity index (χ3n) is 4.22. The number of benzene rings is 1. The fourth-order valence-electron chi connectivity index (χ4n) is 2.82. The van der Waals surface area contributed by atoms with Gasteiger partial charge in [0.05, 0.1) is 5.00 Å². The van der Waals surface area contributed by atoms with E-state index in [2.05, 4.69) is 49.3 Å². The van der Waals surface area contributed by atoms with Crippen LogP contribution in [0.15, 0.2) is 47.9 Å². The number of carbonyl (C=O) groups excluding carboxylic acids is 1. The summed E-state index contributed by atoms with van der Waals surface area (Å²) in [7, 11) is 2.06. The first kappa shape index (κ1) is 14.9. The van der Waals surface area contributed by atoms with E-state index in [1.54, 1.807) is 6.08 Å². The quantitative estimate of drug-likeness (QED) is 0.850. The summed E-state index contributed by atoms with van der Waals surface area (Å²) >= 11 is 1.52. The molecule has 1 amide bonds. The predicted octanol–water partition coefficient (Wildman–Crippen LogP) is 3.99. The van der Waals surface area contributed by atoms with Gasteiger partial charge in [0.2, 0.25) is 0 Å². The van der Waals surface area contributed by atoms with Crippen molar-refractivity contribution >= 4 is 27.9 Å². The van der Waals surface area contributed by atoms with Crippen LogP contribution >= 0.6 is 11.3 Å². The largest absolute Gasteiger partial charge is 0.368 e. The first-order chi connectivity index (χ1) is 10.5. The number of nitrogens with one attached hydrogen (secondary N) is 1. The van der Waals surface area contributed by atoms with Crippen molar-refractivity contribution in [3.8, 4) is 0 Å². The average molecular weight is 312 g/mol. The molecule has 0 radical (unpaired) electrons. The number of rotatable bonds is 2. The van der Waals surface area contributed by atoms with Crippen molar-refractivity contribution in [2.45, 2.75) is 25.8 Å². The summed E-state index contributed by atoms with van der Waals surface area (Å²) in [5.74, 6) is -0.0863. The SMILES string of the molecule is CN1/C(=C/C(=O)Nc2cccs2)c2ccccc2CC1(C)C. The van der Waals surface area contributed by atoms with Crippen molar-refractivity contribution in [2.24, 2.45) is 0 Å². The Hall–Kier alpha value is -2.07. The minimum Gasteiger partial charge on any atom is -0.368 e. The highest BCUT2D eigenvalue weighted by atomic mass is 32.1. The molecular weight excluding hydrogens is 292 g/mol. The Balaban J connectivity index is 1.96. The lowest BCUT2D eigenvalue weighted by atomic mass is 9.84. The summed E-state index contributed by atoms with van der Waals surface area (Å²) in [4.78, 5) is 14.5. The maximum absolute atomic E-state index is 12.3. The van der Waals surface area contributed by atoms with Gasteiger partial charge in [-0.15, -0.1) is 11.3 Å². The molecule has 2 heterocycles. The van der Waals surface area contributed by atoms with E-state index in [1.165, 1.54) is 16.9 Å². The van der Waals surface area contributed by atoms with E-state index in [0.29, 0.717) is 0 Å². The van der Waals surface area contributed by atoms with Crippen LogP contribution in [-0.4, -0.2) is 23.4 Å². The zero-order valence-corrected chi connectivity index (χ0v) is 13.9. The van der Waals surface area contributed by atoms with Crippen LogP contribution in [0.3, 0.4) is 0 Å². The van der Waals surface area contributed by atoms with Gasteiger partial charge in [-0.05, 0) is 43.3 Å². The molecule has 0 saturated carbocycles. The van der Waals surface area contributed by atoms with E-state index in [4.69, 9.17) is 0 Å². The Morgan fingerprint density at radius 2 is 2.05 bits per heavy atom. The van der Waals surface area contributed by atoms with Crippen LogP contribution in [0.1, 0.15) is 25.0 Å². The summed E-state index contributed by atoms with van der Waals surface area (Å²) in [6.45, 7) is 4.40. The zero-order chi connectivity index (χ0) is 15.7. The zero-order valence-electron chi connectivity index (χ0n) is 13.1. The smallest absolute Gasteiger partial charge is 0.251 e. The maximum atomic E-state index is 12.3. The van der Waals surface area contributed by atoms with E-state index in [9.17, 15) is 4.79 Å². The molecule has 0 spiro atoms. The second kappa shape index (κ2) is 5.61. The van der Waals surface area contributed by atoms with Crippen molar-refractivity contribution in [1.29, 1.82) is 0 Å². The Morgan fingerprint density at radius 3 is 2.77 bits per heavy atom. The monoisotopic (exact) mass is 312 g/mol. The van der Waals surface area contributed by atoms with Gasteiger partial charge in [-0.1, -0.05) is 24.3 Å². The number of fused-ring (bicyclic) bond motifs is 1. The van der Waals surface area contributed by atoms with Gasteiger partial charge in [0, 0.05) is 29.9 Å². The fraction of sp³-hybridized carbons (Fsp3) is 0.278. The molecule has 3 rings (SSSR count). The minimum absolute atomic E-state index is 0.0105. The number of carbonyl (C=O) groups is 1. The number of likely N-dealkylation sites (N-methyl/N-ethyl adjacent to an activating group) is 1. The molecule has 0 aliphatic carbocycles. The molecule has 1 N–H and O–H groups in total. The van der Waals surface area contributed by atoms with Crippen LogP contribution in [0.2, 0.25) is 0 Å². The van der Waals surface area contributed by atoms with Gasteiger partial charge >= 0.3 is 0 Å². The standard InChI is InChI=1S/C18H20N2OS/c1-18(2)12-13-7-4-5-8-14(13)15(20(18)3)11-16(21)19-17-9-6-10-22-17/h4-11H,12H2,1-3H3,(H,19,21)/b15-11+. The summed E-state index contributed by atoms with van der Waals surface area (Å²) in [5, 5.41) is 5.75. The highest BCUT2D eigenvalue weighted by molar-refractivity contribution is 7.14. The van der Waals surface area contributed by atoms with Gasteiger partial charge in [0.1, 0.15) is 0 Å². The fourth-order valence-corrected chi connectivity index (χ4v) is 3.44. The number of amides is 1. The molecule has 1 aliphatic heterocycles. The normalized spacial score (nSPS) is 18.1. The first-order valence-corrected chi connectivity index (χ1v) is 8.24. The summed E-state index contributed by atoms with van der Waals surface area (Å²) < 4.78 is 0. The molecule has 0 atom stereocenters. The third-order valence-corrected chi connectivity index (χ3v) is 5.01. The lowest BCUT2D eigenvalue weighted by Crippen LogP contribution is -2.45. The molecule has 1 aliphatic rings. The predicted molar refractivity (Wildman–Crippen MR) is 92.9 cm³/mol. The van der Waals surface area contributed by atoms with Gasteiger partial charge in [-0.3, -0.25) is 4.79 Å². The highest BCUT2D eigenvalue weighted by Crippen LogP contribution is 2.36. The van der Waals surface area contributed by atoms with E-state index >= 15 is 0 Å². The van der Waals surface area contributed by atoms with Gasteiger partial charge < -0.3 is 10.2 Å². The Kier molecular flexibility index (Phi) is 3.79. The molecule has 114 valence electrons. The minimum atomic E-state index is -0.0863. The van der Waals surface area contributed by atoms with Gasteiger partial charge in [-0.2, -0.15) is 0 Å². The number of hydrogen-bond donors (Lipinski definition) is 1. The lowest BCUT2D eigenvalue weighted by Gasteiger charge is -2.44. The molecule has 0 saturated heterocycles. The summed E-state index contributed by atoms with van der Waals surface area (Å²) in [6.07, 6.45) is 2.68. The number of anilines is 1. The van der Waals surface area contributed by atoms with Crippen LogP contribution < -0.4 is 5.32 Å². The highest BCUT2D eigenvalue weighted by Gasteiger charge is 2.33. The van der Waals surface area contributed by atoms with Gasteiger partial charge in [0.15, 0.2) is 0 Å². The molecule has 2 aromatic rings. The first-order valence-electron chi connectivity index (χ1n) is 7.36. The summed E-state index contributed by atoms with van der Waals surface area (Å²) in [5.41, 5.74) is 3.40. The van der Waals surface area contributed by atoms with Gasteiger partial charge in [-0.25, -0.2) is 0 Å². The third kappa shape index (κ3) is 2.79. The second-order valence-corrected chi connectivity index (χ2v) is 7.15. The number of hydrogen-bond acceptors (Lipinski definition) is 3. The van der Waals surface area contributed by atoms with Crippen molar-refractivity contribution in [2.75, 3.05) is 12.4 Å². The molecule has 4 heteroatoms. The molecule has 1 aromatic carbocycles. The topological polar surface area (TPSA) is 32.3 Å². The van der Waals surface area contributed by atoms with Crippen LogP contribution in [0, 0.1) is 0 Å². The molecule has 0 fully saturated rings. The van der Waals surface area contributed by atoms with E-state index < -0.39 is 0 Å². The van der Waals surface area contributed by atoms with E-state index in [-0.39, 0.29) is 11.4 Å². The van der Waals surface area contributed by atoms with E-state index in [1.807, 2.05) is 23.6 Å². The van der Waals surface area contributed by atoms with E-state index in [0.717, 1.165) is 22.7 Å². The molecular formula is C18H20N2OS. The van der Waals surface area contributed by atoms with Crippen LogP contribution in [0.5, 0.6) is 0 Å². The van der Waals surface area contributed by atoms with Gasteiger partial charge in [0.25, 0.3) is 5.91 Å². The molecule has 3 nitrogen and oxygen atoms in total. The molecule has 0 unspecified atom stereocenters. The second-order valence-electron chi connectivity index (χ2n) is 6.20. The number of nitrogens with zero attached hydrogens (tertiary/aromatic N) is 1. The van der Waals surface area contributed by atoms with Crippen molar-refractivity contribution < 1.29 is 4.79 Å².